The Morgan fingerprint density at radius 2 is 1.70 bits per heavy atom. The van der Waals surface area contributed by atoms with Gasteiger partial charge in [0.05, 0.1) is 23.4 Å². The van der Waals surface area contributed by atoms with E-state index < -0.39 is 82.2 Å². The van der Waals surface area contributed by atoms with Crippen molar-refractivity contribution < 1.29 is 47.4 Å². The molecule has 2 saturated carbocycles. The second kappa shape index (κ2) is 10.9. The summed E-state index contributed by atoms with van der Waals surface area (Å²) in [6.07, 6.45) is -4.42. The molecule has 1 heterocycles. The number of amides is 1. The Balaban J connectivity index is 1.54. The third kappa shape index (κ3) is 4.81. The van der Waals surface area contributed by atoms with E-state index in [1.54, 1.807) is 30.0 Å². The molecule has 0 bridgehead atoms. The van der Waals surface area contributed by atoms with Crippen molar-refractivity contribution in [1.29, 1.82) is 0 Å². The fraction of sp³-hybridized carbons (Fsp3) is 0.633. The number of likely N-dealkylation sites (tertiary alicyclic amines) is 1. The molecule has 14 heteroatoms. The van der Waals surface area contributed by atoms with Gasteiger partial charge < -0.3 is 20.8 Å². The Morgan fingerprint density at radius 1 is 1.09 bits per heavy atom. The number of primary amides is 1. The molecule has 0 aromatic heterocycles. The van der Waals surface area contributed by atoms with Gasteiger partial charge in [-0.3, -0.25) is 33.8 Å². The van der Waals surface area contributed by atoms with Crippen LogP contribution in [-0.2, 0) is 32.1 Å². The standard InChI is InChI=1S/C30H37F3N4O7/c1-35(2)18-11-14(12-37-7-5-15(6-8-37)30(31,32)33)23(38)20-16(18)9-13-10-17-22(36(3)4)25(40)21(28(34)43)27(42)29(17,44)26(41)19(13)24(20)39/h11,13,15,17,19,21-22,38,44H,5-10,12H2,1-4H3,(H2,34,43)/t13-,17-,19?,21?,22-,29-/m0/s1. The number of piperidine rings is 1. The smallest absolute Gasteiger partial charge is 0.391 e. The number of likely N-dealkylation sites (N-methyl/N-ethyl adjacent to an activating group) is 1. The van der Waals surface area contributed by atoms with Gasteiger partial charge >= 0.3 is 6.18 Å². The molecule has 3 fully saturated rings. The molecule has 11 nitrogen and oxygen atoms in total. The van der Waals surface area contributed by atoms with E-state index in [4.69, 9.17) is 5.73 Å². The van der Waals surface area contributed by atoms with Crippen molar-refractivity contribution in [2.75, 3.05) is 46.2 Å². The third-order valence-electron chi connectivity index (χ3n) is 10.0. The Kier molecular flexibility index (Phi) is 7.95. The zero-order valence-corrected chi connectivity index (χ0v) is 25.0. The van der Waals surface area contributed by atoms with Crippen molar-refractivity contribution in [2.45, 2.75) is 50.0 Å². The number of anilines is 1. The number of nitrogens with zero attached hydrogens (tertiary/aromatic N) is 3. The zero-order chi connectivity index (χ0) is 32.6. The van der Waals surface area contributed by atoms with E-state index in [1.807, 2.05) is 0 Å². The lowest BCUT2D eigenvalue weighted by atomic mass is 9.52. The minimum Gasteiger partial charge on any atom is -0.507 e. The molecule has 6 atom stereocenters. The molecule has 1 aliphatic heterocycles. The molecule has 5 rings (SSSR count). The van der Waals surface area contributed by atoms with E-state index in [0.717, 1.165) is 0 Å². The summed E-state index contributed by atoms with van der Waals surface area (Å²) >= 11 is 0. The SMILES string of the molecule is CN(C)c1cc(CN2CCC(C(F)(F)F)CC2)c(O)c2c1C[C@H]1C[C@H]3[C@H](N(C)C)C(=O)C(C(N)=O)C(=O)[C@@]3(O)C(=O)C1C2=O. The number of hydrogen-bond acceptors (Lipinski definition) is 10. The van der Waals surface area contributed by atoms with Gasteiger partial charge in [0, 0.05) is 37.8 Å². The average Bonchev–Trinajstić information content (AvgIpc) is 2.91. The van der Waals surface area contributed by atoms with Gasteiger partial charge in [0.25, 0.3) is 0 Å². The van der Waals surface area contributed by atoms with Crippen molar-refractivity contribution in [1.82, 2.24) is 9.80 Å². The molecule has 44 heavy (non-hydrogen) atoms. The van der Waals surface area contributed by atoms with Crippen LogP contribution < -0.4 is 10.6 Å². The van der Waals surface area contributed by atoms with Gasteiger partial charge in [-0.2, -0.15) is 13.2 Å². The summed E-state index contributed by atoms with van der Waals surface area (Å²) in [6.45, 7) is 0.341. The first kappa shape index (κ1) is 32.0. The lowest BCUT2D eigenvalue weighted by Crippen LogP contribution is -2.74. The summed E-state index contributed by atoms with van der Waals surface area (Å²) < 4.78 is 39.6. The van der Waals surface area contributed by atoms with E-state index in [-0.39, 0.29) is 50.9 Å². The van der Waals surface area contributed by atoms with Gasteiger partial charge in [0.1, 0.15) is 5.75 Å². The summed E-state index contributed by atoms with van der Waals surface area (Å²) in [7, 11) is 6.50. The lowest BCUT2D eigenvalue weighted by Gasteiger charge is -2.52. The number of ketones is 4. The molecule has 3 aliphatic carbocycles. The van der Waals surface area contributed by atoms with Gasteiger partial charge in [-0.25, -0.2) is 0 Å². The number of Topliss-reactive ketones (excluding diaryl/α,β-unsaturated/α-hetero) is 4. The number of hydrogen-bond donors (Lipinski definition) is 3. The predicted molar refractivity (Wildman–Crippen MR) is 150 cm³/mol. The molecule has 1 saturated heterocycles. The molecular formula is C30H37F3N4O7. The minimum absolute atomic E-state index is 0.0621. The van der Waals surface area contributed by atoms with E-state index >= 15 is 0 Å². The molecular weight excluding hydrogens is 585 g/mol. The highest BCUT2D eigenvalue weighted by Gasteiger charge is 2.69. The Hall–Kier alpha value is -3.36. The highest BCUT2D eigenvalue weighted by molar-refractivity contribution is 6.32. The zero-order valence-electron chi connectivity index (χ0n) is 25.0. The minimum atomic E-state index is -4.28. The lowest BCUT2D eigenvalue weighted by molar-refractivity contribution is -0.185. The van der Waals surface area contributed by atoms with Crippen LogP contribution in [0.2, 0.25) is 0 Å². The number of aromatic hydroxyl groups is 1. The maximum Gasteiger partial charge on any atom is 0.391 e. The van der Waals surface area contributed by atoms with Gasteiger partial charge in [-0.1, -0.05) is 0 Å². The number of alkyl halides is 3. The van der Waals surface area contributed by atoms with E-state index in [9.17, 15) is 47.4 Å². The molecule has 0 radical (unpaired) electrons. The normalized spacial score (nSPS) is 31.5. The summed E-state index contributed by atoms with van der Waals surface area (Å²) in [6, 6.07) is 0.494. The summed E-state index contributed by atoms with van der Waals surface area (Å²) in [5, 5.41) is 23.2. The summed E-state index contributed by atoms with van der Waals surface area (Å²) in [5.41, 5.74) is 3.73. The van der Waals surface area contributed by atoms with Crippen LogP contribution in [0.25, 0.3) is 0 Å². The van der Waals surface area contributed by atoms with Crippen LogP contribution in [0.4, 0.5) is 18.9 Å². The van der Waals surface area contributed by atoms with Crippen molar-refractivity contribution in [3.05, 3.63) is 22.8 Å². The number of benzene rings is 1. The van der Waals surface area contributed by atoms with Crippen LogP contribution in [0, 0.1) is 29.6 Å². The van der Waals surface area contributed by atoms with Crippen LogP contribution >= 0.6 is 0 Å². The molecule has 4 aliphatic rings. The maximum absolute atomic E-state index is 14.1. The van der Waals surface area contributed by atoms with E-state index in [2.05, 4.69) is 0 Å². The fourth-order valence-corrected chi connectivity index (χ4v) is 7.89. The molecule has 1 aromatic rings. The van der Waals surface area contributed by atoms with Crippen LogP contribution in [-0.4, -0.2) is 108 Å². The molecule has 240 valence electrons. The van der Waals surface area contributed by atoms with Crippen LogP contribution in [0.15, 0.2) is 6.07 Å². The van der Waals surface area contributed by atoms with Crippen LogP contribution in [0.1, 0.15) is 40.7 Å². The second-order valence-electron chi connectivity index (χ2n) is 13.0. The third-order valence-corrected chi connectivity index (χ3v) is 10.0. The van der Waals surface area contributed by atoms with E-state index in [1.165, 1.54) is 19.0 Å². The van der Waals surface area contributed by atoms with Crippen molar-refractivity contribution in [3.8, 4) is 5.75 Å². The number of nitrogens with two attached hydrogens (primary N) is 1. The number of rotatable bonds is 5. The number of fused-ring (bicyclic) bond motifs is 3. The molecule has 1 aromatic carbocycles. The number of carbonyl (C=O) groups excluding carboxylic acids is 5. The maximum atomic E-state index is 14.1. The topological polar surface area (TPSA) is 162 Å². The second-order valence-corrected chi connectivity index (χ2v) is 13.0. The highest BCUT2D eigenvalue weighted by Crippen LogP contribution is 2.52. The average molecular weight is 623 g/mol. The molecule has 2 unspecified atom stereocenters. The number of aliphatic hydroxyl groups is 1. The fourth-order valence-electron chi connectivity index (χ4n) is 7.89. The Bertz CT molecular complexity index is 1440. The number of phenolic OH excluding ortho intramolecular Hbond substituents is 1. The van der Waals surface area contributed by atoms with Gasteiger partial charge in [0.2, 0.25) is 5.91 Å². The van der Waals surface area contributed by atoms with Crippen molar-refractivity contribution >= 4 is 34.7 Å². The molecule has 0 spiro atoms. The molecule has 1 amide bonds. The van der Waals surface area contributed by atoms with Gasteiger partial charge in [-0.05, 0) is 70.4 Å². The highest BCUT2D eigenvalue weighted by atomic mass is 19.4. The summed E-state index contributed by atoms with van der Waals surface area (Å²) in [4.78, 5) is 72.0. The van der Waals surface area contributed by atoms with Gasteiger partial charge in [0.15, 0.2) is 34.7 Å². The number of carbonyl (C=O) groups is 5. The van der Waals surface area contributed by atoms with E-state index in [0.29, 0.717) is 16.8 Å². The first-order chi connectivity index (χ1) is 20.4. The van der Waals surface area contributed by atoms with Crippen molar-refractivity contribution in [3.63, 3.8) is 0 Å². The first-order valence-corrected chi connectivity index (χ1v) is 14.6. The Morgan fingerprint density at radius 3 is 2.23 bits per heavy atom. The predicted octanol–water partition coefficient (Wildman–Crippen LogP) is 0.707. The largest absolute Gasteiger partial charge is 0.507 e. The number of halogens is 3. The first-order valence-electron chi connectivity index (χ1n) is 14.6. The van der Waals surface area contributed by atoms with Crippen LogP contribution in [0.5, 0.6) is 5.75 Å². The molecule has 4 N–H and O–H groups in total. The Labute approximate surface area is 252 Å². The van der Waals surface area contributed by atoms with Crippen LogP contribution in [0.3, 0.4) is 0 Å². The monoisotopic (exact) mass is 622 g/mol. The number of phenols is 1. The summed E-state index contributed by atoms with van der Waals surface area (Å²) in [5.74, 6) is -12.7. The quantitative estimate of drug-likeness (QED) is 0.399. The van der Waals surface area contributed by atoms with Gasteiger partial charge in [-0.15, -0.1) is 0 Å². The van der Waals surface area contributed by atoms with Crippen molar-refractivity contribution in [2.24, 2.45) is 35.3 Å².